The van der Waals surface area contributed by atoms with Crippen molar-refractivity contribution in [3.8, 4) is 16.9 Å². The molecule has 0 atom stereocenters. The molecule has 3 aromatic carbocycles. The molecule has 0 spiro atoms. The third-order valence-corrected chi connectivity index (χ3v) is 3.67. The lowest BCUT2D eigenvalue weighted by Gasteiger charge is -2.08. The molecule has 0 aliphatic rings. The number of hydrogen-bond acceptors (Lipinski definition) is 2. The van der Waals surface area contributed by atoms with Crippen LogP contribution in [0.2, 0.25) is 0 Å². The number of rotatable bonds is 5. The van der Waals surface area contributed by atoms with E-state index in [1.54, 1.807) is 0 Å². The van der Waals surface area contributed by atoms with Crippen molar-refractivity contribution >= 4 is 11.6 Å². The maximum Gasteiger partial charge on any atom is 0.262 e. The summed E-state index contributed by atoms with van der Waals surface area (Å²) in [5.41, 5.74) is 4.29. The molecule has 120 valence electrons. The summed E-state index contributed by atoms with van der Waals surface area (Å²) in [6.45, 7) is 2.06. The third-order valence-electron chi connectivity index (χ3n) is 3.67. The summed E-state index contributed by atoms with van der Waals surface area (Å²) in [4.78, 5) is 11.9. The molecular weight excluding hydrogens is 298 g/mol. The van der Waals surface area contributed by atoms with Crippen LogP contribution < -0.4 is 10.1 Å². The molecule has 0 saturated heterocycles. The lowest BCUT2D eigenvalue weighted by atomic mass is 10.0. The first-order valence-corrected chi connectivity index (χ1v) is 7.85. The van der Waals surface area contributed by atoms with Gasteiger partial charge in [-0.05, 0) is 42.3 Å². The van der Waals surface area contributed by atoms with Gasteiger partial charge in [0.1, 0.15) is 5.75 Å². The topological polar surface area (TPSA) is 38.3 Å². The summed E-state index contributed by atoms with van der Waals surface area (Å²) in [5, 5.41) is 2.79. The van der Waals surface area contributed by atoms with Crippen LogP contribution in [0, 0.1) is 6.92 Å². The Morgan fingerprint density at radius 2 is 1.42 bits per heavy atom. The van der Waals surface area contributed by atoms with E-state index in [0.29, 0.717) is 5.75 Å². The number of amides is 1. The van der Waals surface area contributed by atoms with Gasteiger partial charge in [0.15, 0.2) is 6.61 Å². The zero-order valence-electron chi connectivity index (χ0n) is 13.5. The molecule has 1 N–H and O–H groups in total. The molecule has 3 nitrogen and oxygen atoms in total. The fourth-order valence-corrected chi connectivity index (χ4v) is 2.36. The third kappa shape index (κ3) is 4.23. The molecule has 3 rings (SSSR count). The van der Waals surface area contributed by atoms with Gasteiger partial charge < -0.3 is 10.1 Å². The van der Waals surface area contributed by atoms with Gasteiger partial charge in [0, 0.05) is 5.69 Å². The second-order valence-corrected chi connectivity index (χ2v) is 5.59. The zero-order chi connectivity index (χ0) is 16.8. The van der Waals surface area contributed by atoms with Crippen molar-refractivity contribution in [2.24, 2.45) is 0 Å². The molecule has 0 heterocycles. The van der Waals surface area contributed by atoms with Crippen LogP contribution in [0.5, 0.6) is 5.75 Å². The van der Waals surface area contributed by atoms with Crippen LogP contribution in [0.4, 0.5) is 5.69 Å². The maximum atomic E-state index is 11.9. The highest BCUT2D eigenvalue weighted by atomic mass is 16.5. The molecule has 0 unspecified atom stereocenters. The lowest BCUT2D eigenvalue weighted by molar-refractivity contribution is -0.118. The van der Waals surface area contributed by atoms with E-state index >= 15 is 0 Å². The van der Waals surface area contributed by atoms with Gasteiger partial charge in [0.25, 0.3) is 5.91 Å². The minimum absolute atomic E-state index is 0.0151. The summed E-state index contributed by atoms with van der Waals surface area (Å²) < 4.78 is 5.54. The zero-order valence-corrected chi connectivity index (χ0v) is 13.5. The monoisotopic (exact) mass is 317 g/mol. The minimum atomic E-state index is -0.177. The summed E-state index contributed by atoms with van der Waals surface area (Å²) in [5.74, 6) is 0.498. The number of hydrogen-bond donors (Lipinski definition) is 1. The van der Waals surface area contributed by atoms with Gasteiger partial charge in [0.2, 0.25) is 0 Å². The Hall–Kier alpha value is -3.07. The smallest absolute Gasteiger partial charge is 0.262 e. The lowest BCUT2D eigenvalue weighted by Crippen LogP contribution is -2.20. The summed E-state index contributed by atoms with van der Waals surface area (Å²) in [7, 11) is 0. The number of nitrogens with one attached hydrogen (secondary N) is 1. The van der Waals surface area contributed by atoms with Crippen LogP contribution in [0.25, 0.3) is 11.1 Å². The number of ether oxygens (including phenoxy) is 1. The van der Waals surface area contributed by atoms with Crippen LogP contribution in [0.3, 0.4) is 0 Å². The fraction of sp³-hybridized carbons (Fsp3) is 0.0952. The van der Waals surface area contributed by atoms with Gasteiger partial charge in [-0.3, -0.25) is 4.79 Å². The van der Waals surface area contributed by atoms with Gasteiger partial charge in [-0.2, -0.15) is 0 Å². The van der Waals surface area contributed by atoms with Crippen LogP contribution in [-0.2, 0) is 4.79 Å². The van der Waals surface area contributed by atoms with E-state index in [2.05, 4.69) is 36.5 Å². The quantitative estimate of drug-likeness (QED) is 0.742. The molecule has 0 aromatic heterocycles. The Bertz CT molecular complexity index is 794. The van der Waals surface area contributed by atoms with Crippen molar-refractivity contribution < 1.29 is 9.53 Å². The summed E-state index contributed by atoms with van der Waals surface area (Å²) in [6.07, 6.45) is 0. The highest BCUT2D eigenvalue weighted by Gasteiger charge is 2.04. The molecule has 3 aromatic rings. The number of anilines is 1. The average molecular weight is 317 g/mol. The predicted molar refractivity (Wildman–Crippen MR) is 97.2 cm³/mol. The summed E-state index contributed by atoms with van der Waals surface area (Å²) >= 11 is 0. The van der Waals surface area contributed by atoms with Crippen LogP contribution >= 0.6 is 0 Å². The SMILES string of the molecule is Cc1ccc(-c2ccc(OCC(=O)Nc3ccccc3)cc2)cc1. The number of carbonyl (C=O) groups is 1. The van der Waals surface area contributed by atoms with E-state index in [1.165, 1.54) is 5.56 Å². The molecule has 0 aliphatic carbocycles. The molecular formula is C21H19NO2. The van der Waals surface area contributed by atoms with Crippen LogP contribution in [0.1, 0.15) is 5.56 Å². The van der Waals surface area contributed by atoms with Crippen molar-refractivity contribution in [1.82, 2.24) is 0 Å². The molecule has 1 amide bonds. The minimum Gasteiger partial charge on any atom is -0.484 e. The van der Waals surface area contributed by atoms with Crippen molar-refractivity contribution in [3.63, 3.8) is 0 Å². The van der Waals surface area contributed by atoms with Crippen molar-refractivity contribution in [2.75, 3.05) is 11.9 Å². The summed E-state index contributed by atoms with van der Waals surface area (Å²) in [6, 6.07) is 25.5. The van der Waals surface area contributed by atoms with Crippen LogP contribution in [0.15, 0.2) is 78.9 Å². The molecule has 24 heavy (non-hydrogen) atoms. The van der Waals surface area contributed by atoms with Crippen molar-refractivity contribution in [3.05, 3.63) is 84.4 Å². The Balaban J connectivity index is 1.56. The number of para-hydroxylation sites is 1. The standard InChI is InChI=1S/C21H19NO2/c1-16-7-9-17(10-8-16)18-11-13-20(14-12-18)24-15-21(23)22-19-5-3-2-4-6-19/h2-14H,15H2,1H3,(H,22,23). The van der Waals surface area contributed by atoms with Gasteiger partial charge >= 0.3 is 0 Å². The molecule has 0 saturated carbocycles. The molecule has 0 bridgehead atoms. The second-order valence-electron chi connectivity index (χ2n) is 5.59. The Labute approximate surface area is 141 Å². The molecule has 0 radical (unpaired) electrons. The number of carbonyl (C=O) groups excluding carboxylic acids is 1. The molecule has 3 heteroatoms. The van der Waals surface area contributed by atoms with Crippen molar-refractivity contribution in [2.45, 2.75) is 6.92 Å². The fourth-order valence-electron chi connectivity index (χ4n) is 2.36. The van der Waals surface area contributed by atoms with E-state index in [-0.39, 0.29) is 12.5 Å². The highest BCUT2D eigenvalue weighted by Crippen LogP contribution is 2.22. The second kappa shape index (κ2) is 7.47. The van der Waals surface area contributed by atoms with Gasteiger partial charge in [-0.25, -0.2) is 0 Å². The van der Waals surface area contributed by atoms with Gasteiger partial charge in [0.05, 0.1) is 0 Å². The number of benzene rings is 3. The molecule has 0 aliphatic heterocycles. The first-order chi connectivity index (χ1) is 11.7. The molecule has 0 fully saturated rings. The maximum absolute atomic E-state index is 11.9. The van der Waals surface area contributed by atoms with Crippen LogP contribution in [-0.4, -0.2) is 12.5 Å². The highest BCUT2D eigenvalue weighted by molar-refractivity contribution is 5.91. The van der Waals surface area contributed by atoms with Crippen molar-refractivity contribution in [1.29, 1.82) is 0 Å². The van der Waals surface area contributed by atoms with E-state index < -0.39 is 0 Å². The first kappa shape index (κ1) is 15.8. The largest absolute Gasteiger partial charge is 0.484 e. The predicted octanol–water partition coefficient (Wildman–Crippen LogP) is 4.68. The Morgan fingerprint density at radius 1 is 0.833 bits per heavy atom. The van der Waals surface area contributed by atoms with Gasteiger partial charge in [-0.1, -0.05) is 60.2 Å². The number of aryl methyl sites for hydroxylation is 1. The van der Waals surface area contributed by atoms with E-state index in [0.717, 1.165) is 16.8 Å². The Morgan fingerprint density at radius 3 is 2.04 bits per heavy atom. The van der Waals surface area contributed by atoms with Gasteiger partial charge in [-0.15, -0.1) is 0 Å². The van der Waals surface area contributed by atoms with E-state index in [1.807, 2.05) is 54.6 Å². The Kier molecular flexibility index (Phi) is 4.92. The van der Waals surface area contributed by atoms with E-state index in [9.17, 15) is 4.79 Å². The van der Waals surface area contributed by atoms with E-state index in [4.69, 9.17) is 4.74 Å². The normalized spacial score (nSPS) is 10.2. The average Bonchev–Trinajstić information content (AvgIpc) is 2.62. The first-order valence-electron chi connectivity index (χ1n) is 7.85.